The zero-order valence-electron chi connectivity index (χ0n) is 18.9. The lowest BCUT2D eigenvalue weighted by molar-refractivity contribution is 0.102. The smallest absolute Gasteiger partial charge is 0.262 e. The highest BCUT2D eigenvalue weighted by atomic mass is 32.1. The Morgan fingerprint density at radius 3 is 2.64 bits per heavy atom. The van der Waals surface area contributed by atoms with Crippen molar-refractivity contribution in [2.24, 2.45) is 0 Å². The molecule has 0 aliphatic carbocycles. The number of methoxy groups -OCH3 is 1. The summed E-state index contributed by atoms with van der Waals surface area (Å²) in [6, 6.07) is 14.1. The zero-order valence-corrected chi connectivity index (χ0v) is 19.7. The molecule has 4 rings (SSSR count). The van der Waals surface area contributed by atoms with Crippen molar-refractivity contribution in [3.63, 3.8) is 0 Å². The second-order valence-corrected chi connectivity index (χ2v) is 9.17. The quantitative estimate of drug-likeness (QED) is 0.394. The first-order chi connectivity index (χ1) is 15.7. The fourth-order valence-corrected chi connectivity index (χ4v) is 3.82. The lowest BCUT2D eigenvalue weighted by Crippen LogP contribution is -2.23. The van der Waals surface area contributed by atoms with Gasteiger partial charge in [0.25, 0.3) is 11.5 Å². The van der Waals surface area contributed by atoms with E-state index in [4.69, 9.17) is 21.4 Å². The Hall–Kier alpha value is -3.65. The number of hydrogen-bond acceptors (Lipinski definition) is 5. The van der Waals surface area contributed by atoms with Crippen molar-refractivity contribution in [1.29, 1.82) is 0 Å². The molecule has 8 heteroatoms. The average molecular weight is 464 g/mol. The fraction of sp³-hybridized carbons (Fsp3) is 0.240. The summed E-state index contributed by atoms with van der Waals surface area (Å²) >= 11 is 5.38. The van der Waals surface area contributed by atoms with Crippen molar-refractivity contribution in [3.8, 4) is 5.75 Å². The third kappa shape index (κ3) is 4.61. The first-order valence-electron chi connectivity index (χ1n) is 10.5. The number of nitrogens with one attached hydrogen (secondary N) is 2. The summed E-state index contributed by atoms with van der Waals surface area (Å²) in [4.78, 5) is 29.1. The zero-order chi connectivity index (χ0) is 23.8. The molecule has 0 aliphatic rings. The number of carbonyl (C=O) groups excluding carboxylic acids is 1. The van der Waals surface area contributed by atoms with Crippen LogP contribution < -0.4 is 15.6 Å². The molecule has 2 aromatic carbocycles. The molecule has 1 amide bonds. The van der Waals surface area contributed by atoms with Crippen LogP contribution in [-0.2, 0) is 12.0 Å². The maximum absolute atomic E-state index is 13.0. The van der Waals surface area contributed by atoms with Gasteiger partial charge in [-0.2, -0.15) is 0 Å². The molecule has 170 valence electrons. The second kappa shape index (κ2) is 8.71. The van der Waals surface area contributed by atoms with Crippen LogP contribution in [0.1, 0.15) is 42.5 Å². The summed E-state index contributed by atoms with van der Waals surface area (Å²) in [5, 5.41) is 3.36. The highest BCUT2D eigenvalue weighted by molar-refractivity contribution is 7.71. The molecule has 0 spiro atoms. The molecule has 0 aliphatic heterocycles. The molecule has 0 bridgehead atoms. The number of carbonyl (C=O) groups is 1. The first kappa shape index (κ1) is 22.5. The number of amides is 1. The fourth-order valence-electron chi connectivity index (χ4n) is 3.56. The molecule has 0 saturated heterocycles. The van der Waals surface area contributed by atoms with Crippen LogP contribution in [-0.4, -0.2) is 22.6 Å². The first-order valence-corrected chi connectivity index (χ1v) is 10.9. The van der Waals surface area contributed by atoms with Crippen LogP contribution in [0.4, 0.5) is 5.69 Å². The third-order valence-corrected chi connectivity index (χ3v) is 5.77. The van der Waals surface area contributed by atoms with E-state index in [1.165, 1.54) is 4.57 Å². The van der Waals surface area contributed by atoms with Gasteiger partial charge in [0.15, 0.2) is 4.77 Å². The molecule has 7 nitrogen and oxygen atoms in total. The highest BCUT2D eigenvalue weighted by Gasteiger charge is 2.18. The third-order valence-electron chi connectivity index (χ3n) is 5.45. The summed E-state index contributed by atoms with van der Waals surface area (Å²) < 4.78 is 12.4. The summed E-state index contributed by atoms with van der Waals surface area (Å²) in [7, 11) is 1.56. The number of furan rings is 1. The van der Waals surface area contributed by atoms with Gasteiger partial charge in [0.2, 0.25) is 0 Å². The molecular weight excluding hydrogens is 438 g/mol. The number of hydrogen-bond donors (Lipinski definition) is 2. The molecule has 0 unspecified atom stereocenters. The van der Waals surface area contributed by atoms with Crippen molar-refractivity contribution >= 4 is 34.7 Å². The largest absolute Gasteiger partial charge is 0.495 e. The molecule has 4 aromatic rings. The number of H-pyrrole nitrogens is 1. The van der Waals surface area contributed by atoms with Crippen LogP contribution in [0.25, 0.3) is 10.9 Å². The van der Waals surface area contributed by atoms with Gasteiger partial charge in [0.1, 0.15) is 11.5 Å². The van der Waals surface area contributed by atoms with Crippen LogP contribution in [0.5, 0.6) is 5.75 Å². The van der Waals surface area contributed by atoms with Crippen LogP contribution in [0.3, 0.4) is 0 Å². The Balaban J connectivity index is 1.68. The number of aromatic nitrogens is 2. The molecular formula is C25H25N3O4S. The minimum Gasteiger partial charge on any atom is -0.495 e. The number of fused-ring (bicyclic) bond motifs is 1. The molecule has 0 radical (unpaired) electrons. The van der Waals surface area contributed by atoms with E-state index in [1.54, 1.807) is 43.7 Å². The van der Waals surface area contributed by atoms with E-state index >= 15 is 0 Å². The predicted molar refractivity (Wildman–Crippen MR) is 131 cm³/mol. The maximum atomic E-state index is 13.0. The minimum absolute atomic E-state index is 0.0843. The lowest BCUT2D eigenvalue weighted by atomic mass is 9.87. The lowest BCUT2D eigenvalue weighted by Gasteiger charge is -2.21. The van der Waals surface area contributed by atoms with Crippen LogP contribution >= 0.6 is 12.2 Å². The van der Waals surface area contributed by atoms with E-state index in [0.29, 0.717) is 33.7 Å². The SMILES string of the molecule is COc1ccc(C(C)(C)C)cc1NC(=O)c1ccc2c(=O)n(Cc3ccco3)c(=S)[nH]c2c1. The van der Waals surface area contributed by atoms with Crippen LogP contribution in [0, 0.1) is 4.77 Å². The van der Waals surface area contributed by atoms with E-state index in [0.717, 1.165) is 5.56 Å². The second-order valence-electron chi connectivity index (χ2n) is 8.78. The van der Waals surface area contributed by atoms with E-state index in [-0.39, 0.29) is 28.2 Å². The van der Waals surface area contributed by atoms with Crippen molar-refractivity contribution in [1.82, 2.24) is 9.55 Å². The predicted octanol–water partition coefficient (Wildman–Crippen LogP) is 5.26. The van der Waals surface area contributed by atoms with Crippen molar-refractivity contribution < 1.29 is 13.9 Å². The van der Waals surface area contributed by atoms with Crippen LogP contribution in [0.2, 0.25) is 0 Å². The van der Waals surface area contributed by atoms with Crippen molar-refractivity contribution in [3.05, 3.63) is 86.8 Å². The molecule has 0 saturated carbocycles. The van der Waals surface area contributed by atoms with Gasteiger partial charge in [0, 0.05) is 5.56 Å². The maximum Gasteiger partial charge on any atom is 0.262 e. The Morgan fingerprint density at radius 2 is 1.97 bits per heavy atom. The van der Waals surface area contributed by atoms with Gasteiger partial charge in [-0.25, -0.2) is 0 Å². The average Bonchev–Trinajstić information content (AvgIpc) is 3.29. The van der Waals surface area contributed by atoms with Gasteiger partial charge in [-0.05, 0) is 65.7 Å². The van der Waals surface area contributed by atoms with Gasteiger partial charge < -0.3 is 19.5 Å². The number of anilines is 1. The molecule has 2 heterocycles. The Morgan fingerprint density at radius 1 is 1.18 bits per heavy atom. The number of aromatic amines is 1. The van der Waals surface area contributed by atoms with Gasteiger partial charge in [0.05, 0.1) is 36.5 Å². The van der Waals surface area contributed by atoms with Crippen molar-refractivity contribution in [2.45, 2.75) is 32.7 Å². The molecule has 33 heavy (non-hydrogen) atoms. The molecule has 2 N–H and O–H groups in total. The van der Waals surface area contributed by atoms with Gasteiger partial charge in [-0.1, -0.05) is 26.8 Å². The van der Waals surface area contributed by atoms with E-state index in [2.05, 4.69) is 31.1 Å². The Kier molecular flexibility index (Phi) is 5.95. The summed E-state index contributed by atoms with van der Waals surface area (Å²) in [5.41, 5.74) is 2.19. The van der Waals surface area contributed by atoms with E-state index in [9.17, 15) is 9.59 Å². The molecule has 0 fully saturated rings. The highest BCUT2D eigenvalue weighted by Crippen LogP contribution is 2.31. The van der Waals surface area contributed by atoms with Gasteiger partial charge in [-0.15, -0.1) is 0 Å². The Labute approximate surface area is 196 Å². The van der Waals surface area contributed by atoms with E-state index in [1.807, 2.05) is 18.2 Å². The van der Waals surface area contributed by atoms with Crippen molar-refractivity contribution in [2.75, 3.05) is 12.4 Å². The number of rotatable bonds is 5. The minimum atomic E-state index is -0.319. The number of ether oxygens (including phenoxy) is 1. The van der Waals surface area contributed by atoms with Gasteiger partial charge in [-0.3, -0.25) is 14.2 Å². The topological polar surface area (TPSA) is 89.3 Å². The summed E-state index contributed by atoms with van der Waals surface area (Å²) in [5.74, 6) is 0.871. The Bertz CT molecular complexity index is 1440. The van der Waals surface area contributed by atoms with Crippen LogP contribution in [0.15, 0.2) is 64.0 Å². The number of benzene rings is 2. The normalized spacial score (nSPS) is 11.5. The monoisotopic (exact) mass is 463 g/mol. The number of nitrogens with zero attached hydrogens (tertiary/aromatic N) is 1. The molecule has 0 atom stereocenters. The standard InChI is InChI=1S/C25H25N3O4S/c1-25(2,3)16-8-10-21(31-4)20(13-16)26-22(29)15-7-9-18-19(12-15)27-24(33)28(23(18)30)14-17-6-5-11-32-17/h5-13H,14H2,1-4H3,(H,26,29)(H,27,33). The molecule has 2 aromatic heterocycles. The van der Waals surface area contributed by atoms with Gasteiger partial charge >= 0.3 is 0 Å². The summed E-state index contributed by atoms with van der Waals surface area (Å²) in [6.45, 7) is 6.53. The van der Waals surface area contributed by atoms with E-state index < -0.39 is 0 Å². The summed E-state index contributed by atoms with van der Waals surface area (Å²) in [6.07, 6.45) is 1.55.